The highest BCUT2D eigenvalue weighted by molar-refractivity contribution is 5.99. The van der Waals surface area contributed by atoms with Gasteiger partial charge in [-0.25, -0.2) is 0 Å². The van der Waals surface area contributed by atoms with E-state index < -0.39 is 0 Å². The number of aromatic nitrogens is 1. The Morgan fingerprint density at radius 2 is 1.96 bits per heavy atom. The second-order valence-corrected chi connectivity index (χ2v) is 7.80. The summed E-state index contributed by atoms with van der Waals surface area (Å²) in [6.45, 7) is 6.38. The third kappa shape index (κ3) is 3.79. The van der Waals surface area contributed by atoms with Crippen LogP contribution in [0.2, 0.25) is 0 Å². The fourth-order valence-electron chi connectivity index (χ4n) is 4.23. The van der Waals surface area contributed by atoms with Gasteiger partial charge in [0.2, 0.25) is 0 Å². The number of likely N-dealkylation sites (N-methyl/N-ethyl adjacent to an activating group) is 1. The molecule has 0 saturated carbocycles. The standard InChI is InChI=1S/C21H30N4O/c1-24-11-13-25(14-12-24)10-4-9-22-21(26)16-7-8-20-18(15-16)17-5-2-3-6-19(17)23-20/h7-8,15,23H,2-6,9-14H2,1H3,(H,22,26). The summed E-state index contributed by atoms with van der Waals surface area (Å²) in [5.41, 5.74) is 4.75. The molecule has 0 atom stereocenters. The van der Waals surface area contributed by atoms with E-state index in [9.17, 15) is 4.79 Å². The van der Waals surface area contributed by atoms with Crippen molar-refractivity contribution >= 4 is 16.8 Å². The molecule has 2 aliphatic rings. The average Bonchev–Trinajstić information content (AvgIpc) is 3.04. The van der Waals surface area contributed by atoms with Crippen LogP contribution in [0.5, 0.6) is 0 Å². The van der Waals surface area contributed by atoms with Gasteiger partial charge in [0.25, 0.3) is 5.91 Å². The van der Waals surface area contributed by atoms with Gasteiger partial charge in [-0.1, -0.05) is 0 Å². The van der Waals surface area contributed by atoms with Crippen LogP contribution in [-0.2, 0) is 12.8 Å². The van der Waals surface area contributed by atoms with Gasteiger partial charge in [-0.05, 0) is 69.5 Å². The Labute approximate surface area is 155 Å². The smallest absolute Gasteiger partial charge is 0.251 e. The highest BCUT2D eigenvalue weighted by Crippen LogP contribution is 2.29. The van der Waals surface area contributed by atoms with Crippen LogP contribution in [0.15, 0.2) is 18.2 Å². The van der Waals surface area contributed by atoms with Crippen molar-refractivity contribution in [3.8, 4) is 0 Å². The van der Waals surface area contributed by atoms with Crippen molar-refractivity contribution in [1.29, 1.82) is 0 Å². The number of benzene rings is 1. The minimum Gasteiger partial charge on any atom is -0.358 e. The Hall–Kier alpha value is -1.85. The highest BCUT2D eigenvalue weighted by Gasteiger charge is 2.17. The first-order valence-electron chi connectivity index (χ1n) is 10.0. The summed E-state index contributed by atoms with van der Waals surface area (Å²) >= 11 is 0. The van der Waals surface area contributed by atoms with Crippen LogP contribution in [0, 0.1) is 0 Å². The Morgan fingerprint density at radius 3 is 2.81 bits per heavy atom. The summed E-state index contributed by atoms with van der Waals surface area (Å²) in [5, 5.41) is 4.34. The number of nitrogens with zero attached hydrogens (tertiary/aromatic N) is 2. The zero-order valence-corrected chi connectivity index (χ0v) is 15.8. The van der Waals surface area contributed by atoms with Crippen molar-refractivity contribution in [2.75, 3.05) is 46.3 Å². The number of nitrogens with one attached hydrogen (secondary N) is 2. The number of aromatic amines is 1. The van der Waals surface area contributed by atoms with Crippen LogP contribution >= 0.6 is 0 Å². The first-order chi connectivity index (χ1) is 12.7. The molecule has 0 unspecified atom stereocenters. The van der Waals surface area contributed by atoms with Crippen LogP contribution in [0.3, 0.4) is 0 Å². The molecule has 0 radical (unpaired) electrons. The minimum absolute atomic E-state index is 0.0519. The maximum absolute atomic E-state index is 12.5. The lowest BCUT2D eigenvalue weighted by molar-refractivity contribution is 0.0949. The van der Waals surface area contributed by atoms with E-state index in [1.807, 2.05) is 6.07 Å². The van der Waals surface area contributed by atoms with Crippen molar-refractivity contribution in [1.82, 2.24) is 20.1 Å². The van der Waals surface area contributed by atoms with Gasteiger partial charge >= 0.3 is 0 Å². The normalized spacial score (nSPS) is 18.8. The molecule has 1 aromatic heterocycles. The number of aryl methyl sites for hydroxylation is 2. The molecule has 1 amide bonds. The van der Waals surface area contributed by atoms with E-state index in [1.54, 1.807) is 0 Å². The molecule has 2 heterocycles. The number of carbonyl (C=O) groups is 1. The molecular formula is C21H30N4O. The Bertz CT molecular complexity index is 774. The quantitative estimate of drug-likeness (QED) is 0.811. The van der Waals surface area contributed by atoms with Crippen molar-refractivity contribution in [3.05, 3.63) is 35.0 Å². The van der Waals surface area contributed by atoms with Gasteiger partial charge in [-0.15, -0.1) is 0 Å². The van der Waals surface area contributed by atoms with E-state index in [2.05, 4.69) is 39.3 Å². The molecule has 2 N–H and O–H groups in total. The van der Waals surface area contributed by atoms with E-state index in [1.165, 1.54) is 35.0 Å². The van der Waals surface area contributed by atoms with Crippen LogP contribution in [-0.4, -0.2) is 67.0 Å². The largest absolute Gasteiger partial charge is 0.358 e. The number of rotatable bonds is 5. The maximum Gasteiger partial charge on any atom is 0.251 e. The third-order valence-electron chi connectivity index (χ3n) is 5.89. The van der Waals surface area contributed by atoms with Gasteiger partial charge in [0, 0.05) is 54.9 Å². The number of amides is 1. The highest BCUT2D eigenvalue weighted by atomic mass is 16.1. The van der Waals surface area contributed by atoms with Crippen LogP contribution in [0.1, 0.15) is 40.9 Å². The number of hydrogen-bond acceptors (Lipinski definition) is 3. The fraction of sp³-hybridized carbons (Fsp3) is 0.571. The summed E-state index contributed by atoms with van der Waals surface area (Å²) in [6, 6.07) is 6.08. The van der Waals surface area contributed by atoms with E-state index in [-0.39, 0.29) is 5.91 Å². The summed E-state index contributed by atoms with van der Waals surface area (Å²) in [7, 11) is 2.18. The van der Waals surface area contributed by atoms with Gasteiger partial charge < -0.3 is 20.1 Å². The zero-order valence-electron chi connectivity index (χ0n) is 15.8. The lowest BCUT2D eigenvalue weighted by atomic mass is 9.95. The van der Waals surface area contributed by atoms with Gasteiger partial charge in [0.1, 0.15) is 0 Å². The lowest BCUT2D eigenvalue weighted by Crippen LogP contribution is -2.45. The Kier molecular flexibility index (Phi) is 5.27. The Balaban J connectivity index is 1.31. The summed E-state index contributed by atoms with van der Waals surface area (Å²) in [6.07, 6.45) is 5.80. The minimum atomic E-state index is 0.0519. The predicted molar refractivity (Wildman–Crippen MR) is 106 cm³/mol. The van der Waals surface area contributed by atoms with E-state index in [0.717, 1.165) is 64.1 Å². The van der Waals surface area contributed by atoms with Crippen molar-refractivity contribution < 1.29 is 4.79 Å². The molecule has 1 aliphatic carbocycles. The molecule has 0 bridgehead atoms. The van der Waals surface area contributed by atoms with Gasteiger partial charge in [0.15, 0.2) is 0 Å². The van der Waals surface area contributed by atoms with Crippen LogP contribution in [0.25, 0.3) is 10.9 Å². The Morgan fingerprint density at radius 1 is 1.15 bits per heavy atom. The fourth-order valence-corrected chi connectivity index (χ4v) is 4.23. The number of hydrogen-bond donors (Lipinski definition) is 2. The molecule has 140 valence electrons. The number of carbonyl (C=O) groups excluding carboxylic acids is 1. The van der Waals surface area contributed by atoms with Crippen molar-refractivity contribution in [3.63, 3.8) is 0 Å². The van der Waals surface area contributed by atoms with Crippen molar-refractivity contribution in [2.45, 2.75) is 32.1 Å². The molecule has 1 saturated heterocycles. The molecule has 5 nitrogen and oxygen atoms in total. The molecule has 1 aliphatic heterocycles. The van der Waals surface area contributed by atoms with Gasteiger partial charge in [-0.2, -0.15) is 0 Å². The van der Waals surface area contributed by atoms with Gasteiger partial charge in [-0.3, -0.25) is 4.79 Å². The molecule has 5 heteroatoms. The zero-order chi connectivity index (χ0) is 17.9. The van der Waals surface area contributed by atoms with Crippen LogP contribution < -0.4 is 5.32 Å². The molecule has 26 heavy (non-hydrogen) atoms. The summed E-state index contributed by atoms with van der Waals surface area (Å²) in [5.74, 6) is 0.0519. The first kappa shape index (κ1) is 17.6. The molecule has 2 aromatic rings. The van der Waals surface area contributed by atoms with Gasteiger partial charge in [0.05, 0.1) is 0 Å². The molecule has 1 aromatic carbocycles. The SMILES string of the molecule is CN1CCN(CCCNC(=O)c2ccc3[nH]c4c(c3c2)CCCC4)CC1. The topological polar surface area (TPSA) is 51.4 Å². The maximum atomic E-state index is 12.5. The molecule has 1 fully saturated rings. The third-order valence-corrected chi connectivity index (χ3v) is 5.89. The summed E-state index contributed by atoms with van der Waals surface area (Å²) in [4.78, 5) is 20.9. The van der Waals surface area contributed by atoms with Crippen molar-refractivity contribution in [2.24, 2.45) is 0 Å². The van der Waals surface area contributed by atoms with E-state index in [4.69, 9.17) is 0 Å². The molecule has 4 rings (SSSR count). The summed E-state index contributed by atoms with van der Waals surface area (Å²) < 4.78 is 0. The second-order valence-electron chi connectivity index (χ2n) is 7.80. The molecular weight excluding hydrogens is 324 g/mol. The predicted octanol–water partition coefficient (Wildman–Crippen LogP) is 2.41. The monoisotopic (exact) mass is 354 g/mol. The van der Waals surface area contributed by atoms with E-state index >= 15 is 0 Å². The van der Waals surface area contributed by atoms with E-state index in [0.29, 0.717) is 0 Å². The number of H-pyrrole nitrogens is 1. The average molecular weight is 354 g/mol. The number of fused-ring (bicyclic) bond motifs is 3. The second kappa shape index (κ2) is 7.80. The molecule has 0 spiro atoms. The van der Waals surface area contributed by atoms with Crippen LogP contribution in [0.4, 0.5) is 0 Å². The lowest BCUT2D eigenvalue weighted by Gasteiger charge is -2.32. The first-order valence-corrected chi connectivity index (χ1v) is 10.0. The number of piperazine rings is 1.